The van der Waals surface area contributed by atoms with Gasteiger partial charge in [0, 0.05) is 11.8 Å². The zero-order chi connectivity index (χ0) is 8.43. The summed E-state index contributed by atoms with van der Waals surface area (Å²) in [5, 5.41) is 11.4. The molecule has 0 amide bonds. The van der Waals surface area contributed by atoms with Gasteiger partial charge in [-0.3, -0.25) is 4.79 Å². The van der Waals surface area contributed by atoms with E-state index in [1.54, 1.807) is 6.08 Å². The second-order valence-corrected chi connectivity index (χ2v) is 2.35. The van der Waals surface area contributed by atoms with Crippen molar-refractivity contribution in [2.24, 2.45) is 5.73 Å². The highest BCUT2D eigenvalue weighted by atomic mass is 16.5. The molecule has 4 nitrogen and oxygen atoms in total. The van der Waals surface area contributed by atoms with Crippen LogP contribution in [0.4, 0.5) is 0 Å². The quantitative estimate of drug-likeness (QED) is 0.580. The number of nitrogens with two attached hydrogens (primary N) is 1. The molecule has 0 aliphatic carbocycles. The average Bonchev–Trinajstić information content (AvgIpc) is 1.94. The predicted octanol–water partition coefficient (Wildman–Crippen LogP) is 0.114. The highest BCUT2D eigenvalue weighted by Gasteiger charge is 2.07. The summed E-state index contributed by atoms with van der Waals surface area (Å²) in [6.45, 7) is 1.40. The molecule has 60 valence electrons. The molecule has 0 aromatic carbocycles. The van der Waals surface area contributed by atoms with Gasteiger partial charge in [0.05, 0.1) is 6.17 Å². The molecule has 11 heavy (non-hydrogen) atoms. The Morgan fingerprint density at radius 2 is 2.45 bits per heavy atom. The Balaban J connectivity index is 2.80. The Hall–Kier alpha value is -1.13. The molecule has 0 saturated carbocycles. The van der Waals surface area contributed by atoms with E-state index >= 15 is 0 Å². The van der Waals surface area contributed by atoms with Crippen LogP contribution in [0.5, 0.6) is 0 Å². The largest absolute Gasteiger partial charge is 0.757 e. The van der Waals surface area contributed by atoms with Crippen LogP contribution in [-0.2, 0) is 4.79 Å². The summed E-state index contributed by atoms with van der Waals surface area (Å²) in [4.78, 5) is 10.7. The van der Waals surface area contributed by atoms with Crippen LogP contribution in [-0.4, -0.2) is 17.0 Å². The first-order valence-corrected chi connectivity index (χ1v) is 3.23. The lowest BCUT2D eigenvalue weighted by atomic mass is 10.1. The standard InChI is InChI=1S/C7H9N2O2/c1-5(10)6-2-3-7(8)9(11)4-6/h2-4,7H,8H2,1H3/q-1. The lowest BCUT2D eigenvalue weighted by Crippen LogP contribution is -2.34. The molecular formula is C7H9N2O2-. The van der Waals surface area contributed by atoms with Crippen molar-refractivity contribution in [3.63, 3.8) is 0 Å². The number of nitrogens with zero attached hydrogens (tertiary/aromatic N) is 1. The van der Waals surface area contributed by atoms with Crippen molar-refractivity contribution in [3.8, 4) is 0 Å². The van der Waals surface area contributed by atoms with Crippen molar-refractivity contribution in [2.45, 2.75) is 13.1 Å². The summed E-state index contributed by atoms with van der Waals surface area (Å²) in [5.41, 5.74) is 5.70. The Bertz CT molecular complexity index is 233. The van der Waals surface area contributed by atoms with Gasteiger partial charge >= 0.3 is 0 Å². The molecule has 1 unspecified atom stereocenters. The molecule has 0 spiro atoms. The van der Waals surface area contributed by atoms with Crippen LogP contribution in [0.2, 0.25) is 0 Å². The number of carbonyl (C=O) groups is 1. The van der Waals surface area contributed by atoms with Gasteiger partial charge in [0.1, 0.15) is 0 Å². The lowest BCUT2D eigenvalue weighted by molar-refractivity contribution is -0.113. The maximum Gasteiger partial charge on any atom is 0.161 e. The van der Waals surface area contributed by atoms with E-state index in [4.69, 9.17) is 5.73 Å². The van der Waals surface area contributed by atoms with Gasteiger partial charge in [0.15, 0.2) is 5.78 Å². The molecule has 0 aromatic rings. The molecule has 0 fully saturated rings. The van der Waals surface area contributed by atoms with Crippen molar-refractivity contribution >= 4 is 5.78 Å². The zero-order valence-corrected chi connectivity index (χ0v) is 6.15. The van der Waals surface area contributed by atoms with Gasteiger partial charge < -0.3 is 16.0 Å². The van der Waals surface area contributed by atoms with Crippen molar-refractivity contribution in [2.75, 3.05) is 0 Å². The van der Waals surface area contributed by atoms with Gasteiger partial charge in [0.2, 0.25) is 0 Å². The van der Waals surface area contributed by atoms with Crippen molar-refractivity contribution in [1.82, 2.24) is 5.06 Å². The molecule has 1 rings (SSSR count). The molecule has 4 heteroatoms. The monoisotopic (exact) mass is 153 g/mol. The number of ketones is 1. The summed E-state index contributed by atoms with van der Waals surface area (Å²) in [5.74, 6) is -0.131. The first-order valence-electron chi connectivity index (χ1n) is 3.23. The Morgan fingerprint density at radius 1 is 1.82 bits per heavy atom. The number of hydroxylamine groups is 2. The zero-order valence-electron chi connectivity index (χ0n) is 6.15. The van der Waals surface area contributed by atoms with E-state index in [2.05, 4.69) is 0 Å². The van der Waals surface area contributed by atoms with Crippen molar-refractivity contribution in [3.05, 3.63) is 29.1 Å². The van der Waals surface area contributed by atoms with Gasteiger partial charge in [0.25, 0.3) is 0 Å². The number of Topliss-reactive ketones (excluding diaryl/α,β-unsaturated/α-hetero) is 1. The van der Waals surface area contributed by atoms with Crippen LogP contribution in [0, 0.1) is 5.21 Å². The third-order valence-corrected chi connectivity index (χ3v) is 1.44. The van der Waals surface area contributed by atoms with Crippen molar-refractivity contribution < 1.29 is 4.79 Å². The SMILES string of the molecule is CC(=O)C1=CN([O-])C(N)C=C1. The normalized spacial score (nSPS) is 23.4. The fraction of sp³-hybridized carbons (Fsp3) is 0.286. The number of allylic oxidation sites excluding steroid dienone is 2. The van der Waals surface area contributed by atoms with Gasteiger partial charge in [-0.15, -0.1) is 0 Å². The van der Waals surface area contributed by atoms with E-state index in [1.165, 1.54) is 19.2 Å². The van der Waals surface area contributed by atoms with E-state index in [0.29, 0.717) is 10.6 Å². The van der Waals surface area contributed by atoms with E-state index in [-0.39, 0.29) is 5.78 Å². The van der Waals surface area contributed by atoms with Crippen LogP contribution in [0.1, 0.15) is 6.92 Å². The number of rotatable bonds is 1. The summed E-state index contributed by atoms with van der Waals surface area (Å²) >= 11 is 0. The van der Waals surface area contributed by atoms with E-state index in [1.807, 2.05) is 0 Å². The van der Waals surface area contributed by atoms with Crippen LogP contribution < -0.4 is 5.73 Å². The smallest absolute Gasteiger partial charge is 0.161 e. The summed E-state index contributed by atoms with van der Waals surface area (Å²) in [6, 6.07) is 0. The minimum absolute atomic E-state index is 0.131. The highest BCUT2D eigenvalue weighted by molar-refractivity contribution is 5.96. The van der Waals surface area contributed by atoms with Crippen LogP contribution >= 0.6 is 0 Å². The molecule has 0 bridgehead atoms. The molecular weight excluding hydrogens is 144 g/mol. The van der Waals surface area contributed by atoms with Gasteiger partial charge in [-0.2, -0.15) is 0 Å². The molecule has 0 saturated heterocycles. The summed E-state index contributed by atoms with van der Waals surface area (Å²) in [6.07, 6.45) is 3.59. The average molecular weight is 153 g/mol. The maximum absolute atomic E-state index is 10.8. The minimum Gasteiger partial charge on any atom is -0.757 e. The molecule has 1 atom stereocenters. The Labute approximate surface area is 64.6 Å². The van der Waals surface area contributed by atoms with Gasteiger partial charge in [-0.25, -0.2) is 0 Å². The van der Waals surface area contributed by atoms with E-state index in [9.17, 15) is 10.0 Å². The molecule has 1 aliphatic rings. The molecule has 0 aromatic heterocycles. The second kappa shape index (κ2) is 2.86. The third-order valence-electron chi connectivity index (χ3n) is 1.44. The fourth-order valence-electron chi connectivity index (χ4n) is 0.762. The molecule has 1 heterocycles. The van der Waals surface area contributed by atoms with E-state index < -0.39 is 6.17 Å². The Kier molecular flexibility index (Phi) is 2.07. The van der Waals surface area contributed by atoms with E-state index in [0.717, 1.165) is 0 Å². The van der Waals surface area contributed by atoms with Crippen LogP contribution in [0.3, 0.4) is 0 Å². The second-order valence-electron chi connectivity index (χ2n) is 2.35. The van der Waals surface area contributed by atoms with Crippen LogP contribution in [0.15, 0.2) is 23.9 Å². The number of carbonyl (C=O) groups excluding carboxylic acids is 1. The fourth-order valence-corrected chi connectivity index (χ4v) is 0.762. The molecule has 2 N–H and O–H groups in total. The first kappa shape index (κ1) is 7.97. The topological polar surface area (TPSA) is 69.4 Å². The third kappa shape index (κ3) is 1.66. The lowest BCUT2D eigenvalue weighted by Gasteiger charge is -2.34. The number of hydrogen-bond acceptors (Lipinski definition) is 4. The summed E-state index contributed by atoms with van der Waals surface area (Å²) < 4.78 is 0. The van der Waals surface area contributed by atoms with Crippen LogP contribution in [0.25, 0.3) is 0 Å². The predicted molar refractivity (Wildman–Crippen MR) is 41.1 cm³/mol. The first-order chi connectivity index (χ1) is 5.11. The van der Waals surface area contributed by atoms with Crippen molar-refractivity contribution in [1.29, 1.82) is 0 Å². The van der Waals surface area contributed by atoms with Gasteiger partial charge in [-0.1, -0.05) is 6.08 Å². The minimum atomic E-state index is -0.655. The highest BCUT2D eigenvalue weighted by Crippen LogP contribution is 2.09. The van der Waals surface area contributed by atoms with Gasteiger partial charge in [-0.05, 0) is 13.0 Å². The number of hydrogen-bond donors (Lipinski definition) is 1. The maximum atomic E-state index is 10.8. The summed E-state index contributed by atoms with van der Waals surface area (Å²) in [7, 11) is 0. The molecule has 0 radical (unpaired) electrons. The Morgan fingerprint density at radius 3 is 2.91 bits per heavy atom. The molecule has 1 aliphatic heterocycles.